The van der Waals surface area contributed by atoms with Gasteiger partial charge < -0.3 is 0 Å². The molecule has 2 aromatic heterocycles. The van der Waals surface area contributed by atoms with Crippen LogP contribution in [0.5, 0.6) is 0 Å². The zero-order valence-electron chi connectivity index (χ0n) is 11.3. The molecule has 104 valence electrons. The maximum absolute atomic E-state index is 11.3. The van der Waals surface area contributed by atoms with Crippen molar-refractivity contribution < 1.29 is 4.79 Å². The molecule has 0 amide bonds. The van der Waals surface area contributed by atoms with E-state index in [9.17, 15) is 4.79 Å². The Morgan fingerprint density at radius 1 is 1.19 bits per heavy atom. The van der Waals surface area contributed by atoms with Crippen LogP contribution in [0.4, 0.5) is 0 Å². The summed E-state index contributed by atoms with van der Waals surface area (Å²) in [6.45, 7) is 2.01. The molecule has 0 spiro atoms. The van der Waals surface area contributed by atoms with Gasteiger partial charge in [-0.1, -0.05) is 15.9 Å². The van der Waals surface area contributed by atoms with Gasteiger partial charge in [-0.05, 0) is 42.8 Å². The molecule has 0 saturated heterocycles. The second kappa shape index (κ2) is 5.61. The minimum absolute atomic E-state index is 0.559. The Kier molecular flexibility index (Phi) is 3.66. The first-order chi connectivity index (χ1) is 10.2. The smallest absolute Gasteiger partial charge is 0.153 e. The predicted octanol–water partition coefficient (Wildman–Crippen LogP) is 3.82. The van der Waals surface area contributed by atoms with E-state index in [1.807, 2.05) is 37.3 Å². The van der Waals surface area contributed by atoms with E-state index in [-0.39, 0.29) is 0 Å². The summed E-state index contributed by atoms with van der Waals surface area (Å²) in [6.07, 6.45) is 5.95. The minimum atomic E-state index is 0.559. The maximum Gasteiger partial charge on any atom is 0.153 e. The molecular weight excluding hydrogens is 330 g/mol. The molecule has 21 heavy (non-hydrogen) atoms. The highest BCUT2D eigenvalue weighted by Crippen LogP contribution is 2.24. The highest BCUT2D eigenvalue weighted by Gasteiger charge is 2.12. The number of benzene rings is 1. The maximum atomic E-state index is 11.3. The molecule has 4 nitrogen and oxygen atoms in total. The number of nitrogens with zero attached hydrogens (tertiary/aromatic N) is 3. The van der Waals surface area contributed by atoms with Crippen LogP contribution in [0.2, 0.25) is 0 Å². The van der Waals surface area contributed by atoms with Crippen LogP contribution in [0.15, 0.2) is 53.4 Å². The third kappa shape index (κ3) is 2.64. The van der Waals surface area contributed by atoms with Crippen LogP contribution in [0.1, 0.15) is 15.9 Å². The lowest BCUT2D eigenvalue weighted by Crippen LogP contribution is -1.97. The molecule has 0 bridgehead atoms. The van der Waals surface area contributed by atoms with Crippen molar-refractivity contribution in [2.24, 2.45) is 0 Å². The van der Waals surface area contributed by atoms with Crippen molar-refractivity contribution in [3.05, 3.63) is 64.5 Å². The van der Waals surface area contributed by atoms with Crippen molar-refractivity contribution in [1.29, 1.82) is 0 Å². The van der Waals surface area contributed by atoms with E-state index in [0.717, 1.165) is 27.6 Å². The molecule has 0 N–H and O–H groups in total. The van der Waals surface area contributed by atoms with Gasteiger partial charge in [0, 0.05) is 28.6 Å². The Labute approximate surface area is 130 Å². The Balaban J connectivity index is 2.14. The fourth-order valence-electron chi connectivity index (χ4n) is 2.21. The molecule has 0 aliphatic rings. The van der Waals surface area contributed by atoms with Gasteiger partial charge in [0.15, 0.2) is 6.29 Å². The van der Waals surface area contributed by atoms with E-state index >= 15 is 0 Å². The van der Waals surface area contributed by atoms with E-state index in [4.69, 9.17) is 0 Å². The Morgan fingerprint density at radius 3 is 2.62 bits per heavy atom. The second-order valence-electron chi connectivity index (χ2n) is 4.66. The van der Waals surface area contributed by atoms with Crippen LogP contribution in [0.3, 0.4) is 0 Å². The lowest BCUT2D eigenvalue weighted by Gasteiger charge is -2.06. The zero-order valence-corrected chi connectivity index (χ0v) is 12.9. The van der Waals surface area contributed by atoms with Gasteiger partial charge >= 0.3 is 0 Å². The number of aromatic nitrogens is 3. The number of aryl methyl sites for hydroxylation is 1. The molecule has 3 aromatic rings. The van der Waals surface area contributed by atoms with Crippen LogP contribution in [-0.2, 0) is 0 Å². The number of carbonyl (C=O) groups is 1. The standard InChI is InChI=1S/C16H12BrN3O/c1-11-8-14(17)2-3-15(11)20-9-13(10-21)16(19-20)12-4-6-18-7-5-12/h2-10H,1H3. The molecule has 0 fully saturated rings. The predicted molar refractivity (Wildman–Crippen MR) is 84.6 cm³/mol. The van der Waals surface area contributed by atoms with Crippen molar-refractivity contribution in [2.75, 3.05) is 0 Å². The minimum Gasteiger partial charge on any atom is -0.298 e. The third-order valence-corrected chi connectivity index (χ3v) is 3.72. The molecule has 2 heterocycles. The number of hydrogen-bond acceptors (Lipinski definition) is 3. The Bertz CT molecular complexity index is 797. The largest absolute Gasteiger partial charge is 0.298 e. The normalized spacial score (nSPS) is 10.6. The highest BCUT2D eigenvalue weighted by molar-refractivity contribution is 9.10. The summed E-state index contributed by atoms with van der Waals surface area (Å²) >= 11 is 3.45. The first-order valence-corrected chi connectivity index (χ1v) is 7.20. The van der Waals surface area contributed by atoms with Crippen LogP contribution >= 0.6 is 15.9 Å². The number of hydrogen-bond donors (Lipinski definition) is 0. The quantitative estimate of drug-likeness (QED) is 0.680. The summed E-state index contributed by atoms with van der Waals surface area (Å²) in [5.41, 5.74) is 4.12. The average Bonchev–Trinajstić information content (AvgIpc) is 2.92. The third-order valence-electron chi connectivity index (χ3n) is 3.23. The monoisotopic (exact) mass is 341 g/mol. The van der Waals surface area contributed by atoms with Gasteiger partial charge in [0.05, 0.1) is 11.3 Å². The lowest BCUT2D eigenvalue weighted by molar-refractivity contribution is 0.112. The van der Waals surface area contributed by atoms with Gasteiger partial charge in [-0.2, -0.15) is 5.10 Å². The van der Waals surface area contributed by atoms with Crippen molar-refractivity contribution in [3.63, 3.8) is 0 Å². The fraction of sp³-hybridized carbons (Fsp3) is 0.0625. The van der Waals surface area contributed by atoms with E-state index in [2.05, 4.69) is 26.0 Å². The molecular formula is C16H12BrN3O. The van der Waals surface area contributed by atoms with E-state index < -0.39 is 0 Å². The molecule has 1 aromatic carbocycles. The average molecular weight is 342 g/mol. The van der Waals surface area contributed by atoms with Gasteiger partial charge in [0.25, 0.3) is 0 Å². The van der Waals surface area contributed by atoms with E-state index in [1.165, 1.54) is 0 Å². The number of halogens is 1. The van der Waals surface area contributed by atoms with Crippen LogP contribution in [-0.4, -0.2) is 21.1 Å². The van der Waals surface area contributed by atoms with Gasteiger partial charge in [0.2, 0.25) is 0 Å². The molecule has 0 unspecified atom stereocenters. The molecule has 0 aliphatic heterocycles. The summed E-state index contributed by atoms with van der Waals surface area (Å²) in [7, 11) is 0. The molecule has 3 rings (SSSR count). The van der Waals surface area contributed by atoms with Gasteiger partial charge in [-0.25, -0.2) is 4.68 Å². The fourth-order valence-corrected chi connectivity index (χ4v) is 2.68. The second-order valence-corrected chi connectivity index (χ2v) is 5.58. The molecule has 0 radical (unpaired) electrons. The van der Waals surface area contributed by atoms with Gasteiger partial charge in [-0.15, -0.1) is 0 Å². The lowest BCUT2D eigenvalue weighted by atomic mass is 10.1. The number of rotatable bonds is 3. The molecule has 0 saturated carbocycles. The van der Waals surface area contributed by atoms with Crippen LogP contribution in [0.25, 0.3) is 16.9 Å². The van der Waals surface area contributed by atoms with Crippen molar-refractivity contribution in [3.8, 4) is 16.9 Å². The topological polar surface area (TPSA) is 47.8 Å². The van der Waals surface area contributed by atoms with Crippen molar-refractivity contribution in [2.45, 2.75) is 6.92 Å². The Morgan fingerprint density at radius 2 is 1.95 bits per heavy atom. The van der Waals surface area contributed by atoms with Gasteiger partial charge in [0.1, 0.15) is 5.69 Å². The highest BCUT2D eigenvalue weighted by atomic mass is 79.9. The summed E-state index contributed by atoms with van der Waals surface area (Å²) in [6, 6.07) is 9.62. The summed E-state index contributed by atoms with van der Waals surface area (Å²) in [5.74, 6) is 0. The van der Waals surface area contributed by atoms with Crippen molar-refractivity contribution in [1.82, 2.24) is 14.8 Å². The van der Waals surface area contributed by atoms with Crippen LogP contribution in [0, 0.1) is 6.92 Å². The summed E-state index contributed by atoms with van der Waals surface area (Å²) < 4.78 is 2.75. The zero-order chi connectivity index (χ0) is 14.8. The van der Waals surface area contributed by atoms with Crippen molar-refractivity contribution >= 4 is 22.2 Å². The number of pyridine rings is 1. The van der Waals surface area contributed by atoms with Gasteiger partial charge in [-0.3, -0.25) is 9.78 Å². The summed E-state index contributed by atoms with van der Waals surface area (Å²) in [4.78, 5) is 15.3. The summed E-state index contributed by atoms with van der Waals surface area (Å²) in [5, 5.41) is 4.55. The first kappa shape index (κ1) is 13.7. The Hall–Kier alpha value is -2.27. The van der Waals surface area contributed by atoms with E-state index in [1.54, 1.807) is 23.3 Å². The molecule has 5 heteroatoms. The number of carbonyl (C=O) groups excluding carboxylic acids is 1. The van der Waals surface area contributed by atoms with Crippen LogP contribution < -0.4 is 0 Å². The molecule has 0 aliphatic carbocycles. The van der Waals surface area contributed by atoms with E-state index in [0.29, 0.717) is 11.3 Å². The first-order valence-electron chi connectivity index (χ1n) is 6.41. The molecule has 0 atom stereocenters. The SMILES string of the molecule is Cc1cc(Br)ccc1-n1cc(C=O)c(-c2ccncc2)n1. The number of aldehydes is 1.